The number of halogens is 1. The van der Waals surface area contributed by atoms with Gasteiger partial charge in [0, 0.05) is 17.7 Å². The maximum absolute atomic E-state index is 12.0. The topological polar surface area (TPSA) is 59.6 Å². The van der Waals surface area contributed by atoms with Crippen LogP contribution in [0.4, 0.5) is 5.69 Å². The molecule has 1 atom stereocenters. The molecule has 2 N–H and O–H groups in total. The number of hydrogen-bond donors (Lipinski definition) is 2. The van der Waals surface area contributed by atoms with Crippen molar-refractivity contribution >= 4 is 40.6 Å². The second kappa shape index (κ2) is 8.37. The SMILES string of the molecule is CCOC(=O)c1cc(NC(=S)N[C@H]2CC(C)(C)Oc3ccccc32)ccc1Cl. The number of ether oxygens (including phenoxy) is 2. The van der Waals surface area contributed by atoms with Crippen LogP contribution < -0.4 is 15.4 Å². The van der Waals surface area contributed by atoms with E-state index in [0.717, 1.165) is 17.7 Å². The third-order valence-electron chi connectivity index (χ3n) is 4.40. The van der Waals surface area contributed by atoms with Gasteiger partial charge < -0.3 is 20.1 Å². The van der Waals surface area contributed by atoms with Gasteiger partial charge in [-0.2, -0.15) is 0 Å². The summed E-state index contributed by atoms with van der Waals surface area (Å²) in [6.45, 7) is 6.14. The van der Waals surface area contributed by atoms with Gasteiger partial charge in [0.15, 0.2) is 5.11 Å². The Balaban J connectivity index is 1.74. The van der Waals surface area contributed by atoms with E-state index in [9.17, 15) is 4.79 Å². The number of anilines is 1. The van der Waals surface area contributed by atoms with Crippen molar-refractivity contribution < 1.29 is 14.3 Å². The van der Waals surface area contributed by atoms with Crippen molar-refractivity contribution in [2.24, 2.45) is 0 Å². The average Bonchev–Trinajstić information content (AvgIpc) is 2.62. The van der Waals surface area contributed by atoms with Gasteiger partial charge in [-0.1, -0.05) is 29.8 Å². The number of carbonyl (C=O) groups is 1. The van der Waals surface area contributed by atoms with E-state index in [0.29, 0.717) is 21.4 Å². The first kappa shape index (κ1) is 20.4. The Bertz CT molecular complexity index is 901. The summed E-state index contributed by atoms with van der Waals surface area (Å²) < 4.78 is 11.1. The maximum atomic E-state index is 12.0. The normalized spacial score (nSPS) is 17.1. The molecule has 1 aliphatic rings. The zero-order chi connectivity index (χ0) is 20.3. The number of hydrogen-bond acceptors (Lipinski definition) is 4. The molecule has 0 saturated carbocycles. The summed E-state index contributed by atoms with van der Waals surface area (Å²) in [5, 5.41) is 7.27. The smallest absolute Gasteiger partial charge is 0.339 e. The molecule has 2 aromatic carbocycles. The third-order valence-corrected chi connectivity index (χ3v) is 4.95. The first-order valence-electron chi connectivity index (χ1n) is 9.11. The fourth-order valence-corrected chi connectivity index (χ4v) is 3.68. The number of benzene rings is 2. The molecule has 148 valence electrons. The van der Waals surface area contributed by atoms with Crippen LogP contribution >= 0.6 is 23.8 Å². The Labute approximate surface area is 175 Å². The van der Waals surface area contributed by atoms with Crippen molar-refractivity contribution in [3.8, 4) is 5.75 Å². The molecule has 2 aromatic rings. The second-order valence-corrected chi connectivity index (χ2v) is 7.99. The number of esters is 1. The van der Waals surface area contributed by atoms with Gasteiger partial charge in [0.25, 0.3) is 0 Å². The summed E-state index contributed by atoms with van der Waals surface area (Å²) in [4.78, 5) is 12.0. The first-order chi connectivity index (χ1) is 13.3. The van der Waals surface area contributed by atoms with Crippen LogP contribution in [0.2, 0.25) is 5.02 Å². The first-order valence-corrected chi connectivity index (χ1v) is 9.90. The van der Waals surface area contributed by atoms with Crippen LogP contribution in [0.25, 0.3) is 0 Å². The van der Waals surface area contributed by atoms with E-state index in [2.05, 4.69) is 24.5 Å². The van der Waals surface area contributed by atoms with Crippen LogP contribution in [0.3, 0.4) is 0 Å². The highest BCUT2D eigenvalue weighted by Crippen LogP contribution is 2.39. The molecule has 0 spiro atoms. The molecule has 0 radical (unpaired) electrons. The highest BCUT2D eigenvalue weighted by Gasteiger charge is 2.33. The molecule has 1 heterocycles. The molecule has 0 saturated heterocycles. The monoisotopic (exact) mass is 418 g/mol. The third kappa shape index (κ3) is 4.75. The Morgan fingerprint density at radius 1 is 1.32 bits per heavy atom. The van der Waals surface area contributed by atoms with Crippen LogP contribution in [0, 0.1) is 0 Å². The number of nitrogens with one attached hydrogen (secondary N) is 2. The summed E-state index contributed by atoms with van der Waals surface area (Å²) >= 11 is 11.6. The highest BCUT2D eigenvalue weighted by atomic mass is 35.5. The number of fused-ring (bicyclic) bond motifs is 1. The van der Waals surface area contributed by atoms with E-state index in [-0.39, 0.29) is 18.2 Å². The van der Waals surface area contributed by atoms with Crippen molar-refractivity contribution in [2.75, 3.05) is 11.9 Å². The molecule has 0 bridgehead atoms. The minimum absolute atomic E-state index is 0.0109. The van der Waals surface area contributed by atoms with E-state index < -0.39 is 5.97 Å². The van der Waals surface area contributed by atoms with Gasteiger partial charge in [-0.3, -0.25) is 0 Å². The summed E-state index contributed by atoms with van der Waals surface area (Å²) in [6.07, 6.45) is 0.764. The van der Waals surface area contributed by atoms with Crippen molar-refractivity contribution in [2.45, 2.75) is 38.8 Å². The lowest BCUT2D eigenvalue weighted by Gasteiger charge is -2.38. The Morgan fingerprint density at radius 3 is 2.82 bits per heavy atom. The molecule has 3 rings (SSSR count). The van der Waals surface area contributed by atoms with Crippen molar-refractivity contribution in [3.05, 3.63) is 58.6 Å². The number of para-hydroxylation sites is 1. The summed E-state index contributed by atoms with van der Waals surface area (Å²) in [6, 6.07) is 13.0. The fraction of sp³-hybridized carbons (Fsp3) is 0.333. The van der Waals surface area contributed by atoms with Gasteiger partial charge in [-0.25, -0.2) is 4.79 Å². The van der Waals surface area contributed by atoms with Crippen LogP contribution in [0.5, 0.6) is 5.75 Å². The standard InChI is InChI=1S/C21H23ClN2O3S/c1-4-26-19(25)15-11-13(9-10-16(15)22)23-20(28)24-17-12-21(2,3)27-18-8-6-5-7-14(17)18/h5-11,17H,4,12H2,1-3H3,(H2,23,24,28)/t17-/m0/s1. The molecular weight excluding hydrogens is 396 g/mol. The van der Waals surface area contributed by atoms with Gasteiger partial charge >= 0.3 is 5.97 Å². The van der Waals surface area contributed by atoms with Gasteiger partial charge in [0.2, 0.25) is 0 Å². The molecule has 1 aliphatic heterocycles. The fourth-order valence-electron chi connectivity index (χ4n) is 3.22. The van der Waals surface area contributed by atoms with Gasteiger partial charge in [0.1, 0.15) is 11.4 Å². The number of carbonyl (C=O) groups excluding carboxylic acids is 1. The van der Waals surface area contributed by atoms with Crippen molar-refractivity contribution in [3.63, 3.8) is 0 Å². The number of thiocarbonyl (C=S) groups is 1. The zero-order valence-corrected chi connectivity index (χ0v) is 17.6. The van der Waals surface area contributed by atoms with Crippen LogP contribution in [0.15, 0.2) is 42.5 Å². The molecule has 0 aliphatic carbocycles. The molecular formula is C21H23ClN2O3S. The predicted octanol–water partition coefficient (Wildman–Crippen LogP) is 5.11. The minimum Gasteiger partial charge on any atom is -0.487 e. The molecule has 0 amide bonds. The van der Waals surface area contributed by atoms with Crippen LogP contribution in [-0.2, 0) is 4.74 Å². The second-order valence-electron chi connectivity index (χ2n) is 7.17. The van der Waals surface area contributed by atoms with E-state index in [4.69, 9.17) is 33.3 Å². The molecule has 0 unspecified atom stereocenters. The van der Waals surface area contributed by atoms with Gasteiger partial charge in [0.05, 0.1) is 23.2 Å². The largest absolute Gasteiger partial charge is 0.487 e. The molecule has 28 heavy (non-hydrogen) atoms. The average molecular weight is 419 g/mol. The minimum atomic E-state index is -0.463. The Kier molecular flexibility index (Phi) is 6.10. The lowest BCUT2D eigenvalue weighted by molar-refractivity contribution is 0.0526. The summed E-state index contributed by atoms with van der Waals surface area (Å²) in [7, 11) is 0. The Hall–Kier alpha value is -2.31. The van der Waals surface area contributed by atoms with E-state index in [1.54, 1.807) is 25.1 Å². The lowest BCUT2D eigenvalue weighted by Crippen LogP contribution is -2.42. The molecule has 0 aromatic heterocycles. The zero-order valence-electron chi connectivity index (χ0n) is 16.0. The van der Waals surface area contributed by atoms with Gasteiger partial charge in [-0.05, 0) is 57.3 Å². The molecule has 5 nitrogen and oxygen atoms in total. The van der Waals surface area contributed by atoms with E-state index in [1.807, 2.05) is 24.3 Å². The summed E-state index contributed by atoms with van der Waals surface area (Å²) in [5.74, 6) is 0.394. The number of rotatable bonds is 4. The highest BCUT2D eigenvalue weighted by molar-refractivity contribution is 7.80. The van der Waals surface area contributed by atoms with Gasteiger partial charge in [-0.15, -0.1) is 0 Å². The molecule has 7 heteroatoms. The summed E-state index contributed by atoms with van der Waals surface area (Å²) in [5.41, 5.74) is 1.71. The quantitative estimate of drug-likeness (QED) is 0.531. The van der Waals surface area contributed by atoms with E-state index >= 15 is 0 Å². The predicted molar refractivity (Wildman–Crippen MR) is 115 cm³/mol. The maximum Gasteiger partial charge on any atom is 0.339 e. The van der Waals surface area contributed by atoms with Crippen LogP contribution in [0.1, 0.15) is 49.2 Å². The lowest BCUT2D eigenvalue weighted by atomic mass is 9.90. The molecule has 0 fully saturated rings. The Morgan fingerprint density at radius 2 is 2.07 bits per heavy atom. The van der Waals surface area contributed by atoms with E-state index in [1.165, 1.54) is 0 Å². The van der Waals surface area contributed by atoms with Crippen molar-refractivity contribution in [1.29, 1.82) is 0 Å². The van der Waals surface area contributed by atoms with Crippen LogP contribution in [-0.4, -0.2) is 23.3 Å². The van der Waals surface area contributed by atoms with Crippen molar-refractivity contribution in [1.82, 2.24) is 5.32 Å².